The number of carboxylic acid groups (broad SMARTS) is 1. The third-order valence-corrected chi connectivity index (χ3v) is 9.05. The van der Waals surface area contributed by atoms with E-state index < -0.39 is 39.6 Å². The number of hydrogen-bond donors (Lipinski definition) is 3. The molecule has 0 aliphatic heterocycles. The van der Waals surface area contributed by atoms with Crippen LogP contribution in [0.25, 0.3) is 0 Å². The minimum Gasteiger partial charge on any atom is -0.478 e. The van der Waals surface area contributed by atoms with Gasteiger partial charge in [0.15, 0.2) is 9.84 Å². The fraction of sp³-hybridized carbons (Fsp3) is 0.652. The standard InChI is InChI=1S/C13H16O6S2.C10H17N/c1-9(7-20)13(16)19-11(12(14)15)8-21(17,18)10-5-3-2-4-6-10;11-10-4-7-1-8(5-10)3-9(2-7)6-10/h2-6,9,11,20H,7-8H2,1H3,(H,14,15);7-9H,1-6,11H2/t9-,11?;/m0./s1. The Morgan fingerprint density at radius 3 is 2.03 bits per heavy atom. The maximum absolute atomic E-state index is 12.1. The molecule has 178 valence electrons. The van der Waals surface area contributed by atoms with Gasteiger partial charge in [0.2, 0.25) is 6.10 Å². The van der Waals surface area contributed by atoms with Crippen LogP contribution in [-0.2, 0) is 24.2 Å². The van der Waals surface area contributed by atoms with E-state index in [-0.39, 0.29) is 10.6 Å². The lowest BCUT2D eigenvalue weighted by molar-refractivity contribution is -0.164. The molecule has 0 amide bonds. The second-order valence-corrected chi connectivity index (χ2v) is 12.1. The van der Waals surface area contributed by atoms with Gasteiger partial charge in [-0.15, -0.1) is 0 Å². The molecule has 0 heterocycles. The maximum Gasteiger partial charge on any atom is 0.346 e. The Morgan fingerprint density at radius 2 is 1.62 bits per heavy atom. The fourth-order valence-corrected chi connectivity index (χ4v) is 7.11. The lowest BCUT2D eigenvalue weighted by Gasteiger charge is -2.55. The van der Waals surface area contributed by atoms with Gasteiger partial charge in [-0.25, -0.2) is 13.2 Å². The number of thiol groups is 1. The highest BCUT2D eigenvalue weighted by atomic mass is 32.2. The summed E-state index contributed by atoms with van der Waals surface area (Å²) >= 11 is 3.91. The summed E-state index contributed by atoms with van der Waals surface area (Å²) in [6, 6.07) is 7.40. The van der Waals surface area contributed by atoms with Gasteiger partial charge in [0.1, 0.15) is 5.75 Å². The van der Waals surface area contributed by atoms with Crippen molar-refractivity contribution in [1.29, 1.82) is 0 Å². The Labute approximate surface area is 195 Å². The highest BCUT2D eigenvalue weighted by Crippen LogP contribution is 2.54. The smallest absolute Gasteiger partial charge is 0.346 e. The van der Waals surface area contributed by atoms with Gasteiger partial charge in [0.25, 0.3) is 0 Å². The molecule has 4 aliphatic carbocycles. The van der Waals surface area contributed by atoms with Gasteiger partial charge in [-0.2, -0.15) is 12.6 Å². The van der Waals surface area contributed by atoms with E-state index in [1.54, 1.807) is 6.07 Å². The number of hydrogen-bond acceptors (Lipinski definition) is 7. The van der Waals surface area contributed by atoms with Crippen molar-refractivity contribution in [2.45, 2.75) is 62.0 Å². The predicted octanol–water partition coefficient (Wildman–Crippen LogP) is 2.94. The first kappa shape index (κ1) is 25.1. The first-order chi connectivity index (χ1) is 15.0. The molecule has 1 aromatic carbocycles. The van der Waals surface area contributed by atoms with Gasteiger partial charge in [0.05, 0.1) is 10.8 Å². The monoisotopic (exact) mass is 483 g/mol. The molecule has 9 heteroatoms. The quantitative estimate of drug-likeness (QED) is 0.402. The van der Waals surface area contributed by atoms with Crippen LogP contribution >= 0.6 is 12.6 Å². The number of carboxylic acids is 1. The molecule has 1 unspecified atom stereocenters. The predicted molar refractivity (Wildman–Crippen MR) is 124 cm³/mol. The number of benzene rings is 1. The number of carbonyl (C=O) groups excluding carboxylic acids is 1. The average Bonchev–Trinajstić information content (AvgIpc) is 2.71. The van der Waals surface area contributed by atoms with E-state index in [2.05, 4.69) is 12.6 Å². The minimum absolute atomic E-state index is 0.0189. The molecular weight excluding hydrogens is 450 g/mol. The Morgan fingerprint density at radius 1 is 1.12 bits per heavy atom. The van der Waals surface area contributed by atoms with Crippen LogP contribution < -0.4 is 5.73 Å². The van der Waals surface area contributed by atoms with E-state index >= 15 is 0 Å². The number of rotatable bonds is 7. The maximum atomic E-state index is 12.1. The van der Waals surface area contributed by atoms with Crippen LogP contribution in [0, 0.1) is 23.7 Å². The zero-order chi connectivity index (χ0) is 23.5. The Bertz CT molecular complexity index is 882. The van der Waals surface area contributed by atoms with Crippen molar-refractivity contribution in [1.82, 2.24) is 0 Å². The van der Waals surface area contributed by atoms with Crippen LogP contribution in [-0.4, -0.2) is 48.6 Å². The third-order valence-electron chi connectivity index (χ3n) is 6.77. The van der Waals surface area contributed by atoms with Gasteiger partial charge >= 0.3 is 11.9 Å². The Hall–Kier alpha value is -1.58. The summed E-state index contributed by atoms with van der Waals surface area (Å²) in [5.74, 6) is -0.484. The van der Waals surface area contributed by atoms with Crippen LogP contribution in [0.5, 0.6) is 0 Å². The van der Waals surface area contributed by atoms with Crippen molar-refractivity contribution >= 4 is 34.4 Å². The first-order valence-corrected chi connectivity index (χ1v) is 13.4. The SMILES string of the molecule is C[C@@H](CS)C(=O)OC(CS(=O)(=O)c1ccccc1)C(=O)O.NC12CC3CC(CC(C3)C1)C2. The van der Waals surface area contributed by atoms with Crippen LogP contribution in [0.4, 0.5) is 0 Å². The van der Waals surface area contributed by atoms with Crippen molar-refractivity contribution in [3.05, 3.63) is 30.3 Å². The molecule has 0 spiro atoms. The Balaban J connectivity index is 0.000000215. The number of aliphatic carboxylic acids is 1. The van der Waals surface area contributed by atoms with E-state index in [1.807, 2.05) is 0 Å². The third kappa shape index (κ3) is 6.26. The van der Waals surface area contributed by atoms with Crippen LogP contribution in [0.1, 0.15) is 45.4 Å². The molecule has 0 aromatic heterocycles. The Kier molecular flexibility index (Phi) is 7.93. The molecule has 0 saturated heterocycles. The fourth-order valence-electron chi connectivity index (χ4n) is 5.59. The first-order valence-electron chi connectivity index (χ1n) is 11.1. The molecule has 2 atom stereocenters. The molecule has 5 rings (SSSR count). The summed E-state index contributed by atoms with van der Waals surface area (Å²) < 4.78 is 29.0. The number of sulfone groups is 1. The van der Waals surface area contributed by atoms with Gasteiger partial charge < -0.3 is 15.6 Å². The van der Waals surface area contributed by atoms with Crippen LogP contribution in [0.3, 0.4) is 0 Å². The molecule has 4 bridgehead atoms. The summed E-state index contributed by atoms with van der Waals surface area (Å²) in [4.78, 5) is 22.7. The molecule has 7 nitrogen and oxygen atoms in total. The van der Waals surface area contributed by atoms with E-state index in [1.165, 1.54) is 69.7 Å². The molecule has 32 heavy (non-hydrogen) atoms. The van der Waals surface area contributed by atoms with Gasteiger partial charge in [-0.3, -0.25) is 4.79 Å². The second-order valence-electron chi connectivity index (χ2n) is 9.72. The van der Waals surface area contributed by atoms with E-state index in [0.717, 1.165) is 17.8 Å². The lowest BCUT2D eigenvalue weighted by atomic mass is 9.53. The normalized spacial score (nSPS) is 30.0. The van der Waals surface area contributed by atoms with Crippen molar-refractivity contribution in [3.8, 4) is 0 Å². The zero-order valence-electron chi connectivity index (χ0n) is 18.4. The number of nitrogens with two attached hydrogens (primary N) is 1. The average molecular weight is 484 g/mol. The number of esters is 1. The second kappa shape index (κ2) is 10.1. The summed E-state index contributed by atoms with van der Waals surface area (Å²) in [7, 11) is -3.86. The lowest BCUT2D eigenvalue weighted by Crippen LogP contribution is -2.55. The summed E-state index contributed by atoms with van der Waals surface area (Å²) in [5.41, 5.74) is 6.62. The molecule has 4 aliphatic rings. The molecule has 1 aromatic rings. The molecular formula is C23H33NO6S2. The summed E-state index contributed by atoms with van der Waals surface area (Å²) in [5, 5.41) is 9.03. The van der Waals surface area contributed by atoms with Crippen molar-refractivity contribution < 1.29 is 27.9 Å². The minimum atomic E-state index is -3.86. The van der Waals surface area contributed by atoms with E-state index in [0.29, 0.717) is 5.54 Å². The topological polar surface area (TPSA) is 124 Å². The van der Waals surface area contributed by atoms with Crippen molar-refractivity contribution in [3.63, 3.8) is 0 Å². The van der Waals surface area contributed by atoms with Crippen LogP contribution in [0.2, 0.25) is 0 Å². The zero-order valence-corrected chi connectivity index (χ0v) is 20.1. The van der Waals surface area contributed by atoms with Gasteiger partial charge in [0, 0.05) is 11.3 Å². The van der Waals surface area contributed by atoms with E-state index in [9.17, 15) is 18.0 Å². The highest BCUT2D eigenvalue weighted by Gasteiger charge is 2.48. The van der Waals surface area contributed by atoms with Gasteiger partial charge in [-0.05, 0) is 68.4 Å². The highest BCUT2D eigenvalue weighted by molar-refractivity contribution is 7.91. The summed E-state index contributed by atoms with van der Waals surface area (Å²) in [6.07, 6.45) is 6.82. The molecule has 3 N–H and O–H groups in total. The van der Waals surface area contributed by atoms with E-state index in [4.69, 9.17) is 15.6 Å². The van der Waals surface area contributed by atoms with Crippen LogP contribution in [0.15, 0.2) is 35.2 Å². The van der Waals surface area contributed by atoms with Crippen molar-refractivity contribution in [2.24, 2.45) is 29.4 Å². The number of ether oxygens (including phenoxy) is 1. The largest absolute Gasteiger partial charge is 0.478 e. The number of carbonyl (C=O) groups is 2. The summed E-state index contributed by atoms with van der Waals surface area (Å²) in [6.45, 7) is 1.51. The van der Waals surface area contributed by atoms with Crippen molar-refractivity contribution in [2.75, 3.05) is 11.5 Å². The molecule has 4 saturated carbocycles. The molecule has 0 radical (unpaired) electrons. The van der Waals surface area contributed by atoms with Gasteiger partial charge in [-0.1, -0.05) is 25.1 Å². The molecule has 4 fully saturated rings.